The third kappa shape index (κ3) is 5.51. The molecule has 1 N–H and O–H groups in total. The molecule has 3 heteroatoms. The number of fused-ring (bicyclic) bond motifs is 1. The molecule has 0 spiro atoms. The molecule has 0 aliphatic rings. The van der Waals surface area contributed by atoms with Crippen LogP contribution in [0.2, 0.25) is 0 Å². The average Bonchev–Trinajstić information content (AvgIpc) is 2.59. The summed E-state index contributed by atoms with van der Waals surface area (Å²) in [6.07, 6.45) is 6.30. The Morgan fingerprint density at radius 3 is 2.52 bits per heavy atom. The second kappa shape index (κ2) is 9.09. The number of nitrogens with zero attached hydrogens (tertiary/aromatic N) is 1. The van der Waals surface area contributed by atoms with Crippen LogP contribution in [-0.2, 0) is 4.79 Å². The van der Waals surface area contributed by atoms with Crippen LogP contribution in [0, 0.1) is 0 Å². The van der Waals surface area contributed by atoms with E-state index >= 15 is 0 Å². The molecule has 0 unspecified atom stereocenters. The van der Waals surface area contributed by atoms with Gasteiger partial charge in [0, 0.05) is 6.42 Å². The highest BCUT2D eigenvalue weighted by Gasteiger charge is 2.02. The first-order chi connectivity index (χ1) is 11.2. The molecule has 0 radical (unpaired) electrons. The van der Waals surface area contributed by atoms with E-state index in [4.69, 9.17) is 0 Å². The number of benzene rings is 2. The summed E-state index contributed by atoms with van der Waals surface area (Å²) >= 11 is 0. The zero-order valence-electron chi connectivity index (χ0n) is 14.1. The van der Waals surface area contributed by atoms with Crippen molar-refractivity contribution in [3.63, 3.8) is 0 Å². The largest absolute Gasteiger partial charge is 0.273 e. The Bertz CT molecular complexity index is 676. The van der Waals surface area contributed by atoms with E-state index in [0.717, 1.165) is 24.1 Å². The van der Waals surface area contributed by atoms with Crippen LogP contribution in [0.25, 0.3) is 10.8 Å². The smallest absolute Gasteiger partial charge is 0.240 e. The van der Waals surface area contributed by atoms with E-state index in [1.54, 1.807) is 0 Å². The normalized spacial score (nSPS) is 11.7. The quantitative estimate of drug-likeness (QED) is 0.414. The Morgan fingerprint density at radius 2 is 1.74 bits per heavy atom. The van der Waals surface area contributed by atoms with Crippen molar-refractivity contribution >= 4 is 22.4 Å². The van der Waals surface area contributed by atoms with Crippen molar-refractivity contribution in [1.29, 1.82) is 0 Å². The van der Waals surface area contributed by atoms with Gasteiger partial charge in [0.1, 0.15) is 0 Å². The van der Waals surface area contributed by atoms with Gasteiger partial charge in [0.2, 0.25) is 5.91 Å². The van der Waals surface area contributed by atoms with E-state index in [-0.39, 0.29) is 5.91 Å². The highest BCUT2D eigenvalue weighted by Crippen LogP contribution is 2.16. The molecule has 0 saturated carbocycles. The minimum atomic E-state index is 0.00152. The van der Waals surface area contributed by atoms with Gasteiger partial charge in [-0.05, 0) is 35.7 Å². The number of carbonyl (C=O) groups is 1. The fraction of sp³-hybridized carbons (Fsp3) is 0.400. The molecule has 2 aromatic rings. The second-order valence-electron chi connectivity index (χ2n) is 5.96. The van der Waals surface area contributed by atoms with Crippen LogP contribution >= 0.6 is 0 Å². The lowest BCUT2D eigenvalue weighted by Gasteiger charge is -2.05. The summed E-state index contributed by atoms with van der Waals surface area (Å²) in [7, 11) is 0. The Labute approximate surface area is 138 Å². The van der Waals surface area contributed by atoms with Crippen molar-refractivity contribution in [2.45, 2.75) is 52.4 Å². The molecule has 3 nitrogen and oxygen atoms in total. The third-order valence-electron chi connectivity index (χ3n) is 4.02. The molecule has 0 aliphatic heterocycles. The average molecular weight is 310 g/mol. The zero-order chi connectivity index (χ0) is 16.5. The van der Waals surface area contributed by atoms with Crippen molar-refractivity contribution in [1.82, 2.24) is 5.43 Å². The molecule has 23 heavy (non-hydrogen) atoms. The summed E-state index contributed by atoms with van der Waals surface area (Å²) < 4.78 is 0. The lowest BCUT2D eigenvalue weighted by Crippen LogP contribution is -2.18. The topological polar surface area (TPSA) is 41.5 Å². The predicted octanol–water partition coefficient (Wildman–Crippen LogP) is 5.04. The monoisotopic (exact) mass is 310 g/mol. The number of amides is 1. The number of carbonyl (C=O) groups excluding carboxylic acids is 1. The van der Waals surface area contributed by atoms with E-state index in [9.17, 15) is 4.79 Å². The maximum atomic E-state index is 11.8. The maximum Gasteiger partial charge on any atom is 0.240 e. The first-order valence-electron chi connectivity index (χ1n) is 8.53. The van der Waals surface area contributed by atoms with E-state index < -0.39 is 0 Å². The van der Waals surface area contributed by atoms with E-state index in [2.05, 4.69) is 41.7 Å². The van der Waals surface area contributed by atoms with Crippen LogP contribution in [0.1, 0.15) is 57.9 Å². The minimum Gasteiger partial charge on any atom is -0.273 e. The predicted molar refractivity (Wildman–Crippen MR) is 97.7 cm³/mol. The molecule has 0 aromatic heterocycles. The molecular formula is C20H26N2O. The van der Waals surface area contributed by atoms with Gasteiger partial charge in [-0.2, -0.15) is 5.10 Å². The van der Waals surface area contributed by atoms with Gasteiger partial charge >= 0.3 is 0 Å². The Balaban J connectivity index is 1.87. The van der Waals surface area contributed by atoms with E-state index in [1.807, 2.05) is 25.1 Å². The van der Waals surface area contributed by atoms with E-state index in [1.165, 1.54) is 30.0 Å². The van der Waals surface area contributed by atoms with Crippen molar-refractivity contribution < 1.29 is 4.79 Å². The van der Waals surface area contributed by atoms with Gasteiger partial charge in [-0.1, -0.05) is 69.0 Å². The maximum absolute atomic E-state index is 11.8. The van der Waals surface area contributed by atoms with Crippen LogP contribution in [-0.4, -0.2) is 11.6 Å². The van der Waals surface area contributed by atoms with Crippen LogP contribution in [0.4, 0.5) is 0 Å². The lowest BCUT2D eigenvalue weighted by atomic mass is 10.0. The van der Waals surface area contributed by atoms with Gasteiger partial charge in [0.05, 0.1) is 5.71 Å². The van der Waals surface area contributed by atoms with Gasteiger partial charge < -0.3 is 0 Å². The number of hydrazone groups is 1. The fourth-order valence-corrected chi connectivity index (χ4v) is 2.57. The fourth-order valence-electron chi connectivity index (χ4n) is 2.57. The van der Waals surface area contributed by atoms with Gasteiger partial charge in [0.25, 0.3) is 0 Å². The summed E-state index contributed by atoms with van der Waals surface area (Å²) in [5.41, 5.74) is 4.53. The van der Waals surface area contributed by atoms with Crippen molar-refractivity contribution in [2.24, 2.45) is 5.10 Å². The van der Waals surface area contributed by atoms with Crippen molar-refractivity contribution in [2.75, 3.05) is 0 Å². The summed E-state index contributed by atoms with van der Waals surface area (Å²) in [5, 5.41) is 6.62. The summed E-state index contributed by atoms with van der Waals surface area (Å²) in [6, 6.07) is 14.5. The van der Waals surface area contributed by atoms with E-state index in [0.29, 0.717) is 6.42 Å². The molecule has 0 heterocycles. The summed E-state index contributed by atoms with van der Waals surface area (Å²) in [6.45, 7) is 4.11. The highest BCUT2D eigenvalue weighted by molar-refractivity contribution is 6.02. The molecule has 0 fully saturated rings. The third-order valence-corrected chi connectivity index (χ3v) is 4.02. The molecule has 1 amide bonds. The molecule has 0 aliphatic carbocycles. The number of unbranched alkanes of at least 4 members (excludes halogenated alkanes) is 4. The first-order valence-corrected chi connectivity index (χ1v) is 8.53. The molecule has 0 bridgehead atoms. The Hall–Kier alpha value is -2.16. The van der Waals surface area contributed by atoms with Gasteiger partial charge in [-0.25, -0.2) is 5.43 Å². The van der Waals surface area contributed by atoms with Crippen LogP contribution in [0.5, 0.6) is 0 Å². The number of hydrogen-bond acceptors (Lipinski definition) is 2. The number of nitrogens with one attached hydrogen (secondary N) is 1. The lowest BCUT2D eigenvalue weighted by molar-refractivity contribution is -0.121. The van der Waals surface area contributed by atoms with Crippen molar-refractivity contribution in [3.8, 4) is 0 Å². The zero-order valence-corrected chi connectivity index (χ0v) is 14.1. The Morgan fingerprint density at radius 1 is 1.00 bits per heavy atom. The molecule has 0 atom stereocenters. The molecule has 122 valence electrons. The molecule has 2 rings (SSSR count). The molecular weight excluding hydrogens is 284 g/mol. The first kappa shape index (κ1) is 17.2. The summed E-state index contributed by atoms with van der Waals surface area (Å²) in [5.74, 6) is 0.00152. The van der Waals surface area contributed by atoms with Gasteiger partial charge in [-0.3, -0.25) is 4.79 Å². The van der Waals surface area contributed by atoms with Crippen LogP contribution in [0.15, 0.2) is 47.6 Å². The van der Waals surface area contributed by atoms with Gasteiger partial charge in [-0.15, -0.1) is 0 Å². The van der Waals surface area contributed by atoms with Crippen LogP contribution in [0.3, 0.4) is 0 Å². The SMILES string of the molecule is CCCCCCCC(=O)N/N=C(\C)c1ccc2ccccc2c1. The Kier molecular flexibility index (Phi) is 6.79. The molecule has 2 aromatic carbocycles. The molecule has 0 saturated heterocycles. The minimum absolute atomic E-state index is 0.00152. The van der Waals surface area contributed by atoms with Crippen molar-refractivity contribution in [3.05, 3.63) is 48.0 Å². The number of hydrogen-bond donors (Lipinski definition) is 1. The second-order valence-corrected chi connectivity index (χ2v) is 5.96. The summed E-state index contributed by atoms with van der Waals surface area (Å²) in [4.78, 5) is 11.8. The van der Waals surface area contributed by atoms with Gasteiger partial charge in [0.15, 0.2) is 0 Å². The number of rotatable bonds is 8. The van der Waals surface area contributed by atoms with Crippen LogP contribution < -0.4 is 5.43 Å². The standard InChI is InChI=1S/C20H26N2O/c1-3-4-5-6-7-12-20(23)22-21-16(2)18-14-13-17-10-8-9-11-19(17)15-18/h8-11,13-15H,3-7,12H2,1-2H3,(H,22,23)/b21-16+. The highest BCUT2D eigenvalue weighted by atomic mass is 16.2.